The normalized spacial score (nSPS) is 24.0. The Morgan fingerprint density at radius 2 is 2.21 bits per heavy atom. The van der Waals surface area contributed by atoms with Crippen molar-refractivity contribution in [3.8, 4) is 5.88 Å². The SMILES string of the molecule is COc1cc(S(=O)(=O)N[C@H]2CCC[C@@H]2N(C)C)sn1. The Morgan fingerprint density at radius 1 is 1.47 bits per heavy atom. The average Bonchev–Trinajstić information content (AvgIpc) is 2.95. The van der Waals surface area contributed by atoms with Crippen molar-refractivity contribution < 1.29 is 13.2 Å². The third-order valence-electron chi connectivity index (χ3n) is 3.39. The van der Waals surface area contributed by atoms with E-state index >= 15 is 0 Å². The second-order valence-electron chi connectivity index (χ2n) is 4.88. The molecule has 1 heterocycles. The second-order valence-corrected chi connectivity index (χ2v) is 7.62. The molecule has 19 heavy (non-hydrogen) atoms. The number of sulfonamides is 1. The highest BCUT2D eigenvalue weighted by Gasteiger charge is 2.33. The molecule has 6 nitrogen and oxygen atoms in total. The van der Waals surface area contributed by atoms with E-state index in [0.717, 1.165) is 30.8 Å². The molecule has 0 amide bonds. The lowest BCUT2D eigenvalue weighted by atomic mass is 10.2. The summed E-state index contributed by atoms with van der Waals surface area (Å²) in [6, 6.07) is 1.67. The Bertz CT molecular complexity index is 527. The molecule has 1 N–H and O–H groups in total. The zero-order chi connectivity index (χ0) is 14.0. The van der Waals surface area contributed by atoms with Crippen molar-refractivity contribution in [1.82, 2.24) is 14.0 Å². The third-order valence-corrected chi connectivity index (χ3v) is 6.10. The Kier molecular flexibility index (Phi) is 4.44. The topological polar surface area (TPSA) is 71.5 Å². The number of hydrogen-bond donors (Lipinski definition) is 1. The van der Waals surface area contributed by atoms with Gasteiger partial charge < -0.3 is 9.64 Å². The fourth-order valence-corrected chi connectivity index (χ4v) is 4.57. The van der Waals surface area contributed by atoms with E-state index in [1.165, 1.54) is 13.2 Å². The summed E-state index contributed by atoms with van der Waals surface area (Å²) in [4.78, 5) is 2.08. The molecule has 0 radical (unpaired) electrons. The smallest absolute Gasteiger partial charge is 0.252 e. The van der Waals surface area contributed by atoms with Crippen LogP contribution in [-0.4, -0.2) is 51.0 Å². The van der Waals surface area contributed by atoms with Crippen molar-refractivity contribution in [2.75, 3.05) is 21.2 Å². The molecule has 0 bridgehead atoms. The monoisotopic (exact) mass is 305 g/mol. The third kappa shape index (κ3) is 3.25. The lowest BCUT2D eigenvalue weighted by molar-refractivity contribution is 0.268. The van der Waals surface area contributed by atoms with Crippen LogP contribution in [0.15, 0.2) is 10.3 Å². The summed E-state index contributed by atoms with van der Waals surface area (Å²) in [5.74, 6) is 0.334. The van der Waals surface area contributed by atoms with Gasteiger partial charge in [0.2, 0.25) is 5.88 Å². The molecule has 0 saturated heterocycles. The van der Waals surface area contributed by atoms with Crippen LogP contribution in [0.2, 0.25) is 0 Å². The van der Waals surface area contributed by atoms with E-state index in [1.54, 1.807) is 0 Å². The maximum absolute atomic E-state index is 12.3. The molecule has 1 aliphatic carbocycles. The summed E-state index contributed by atoms with van der Waals surface area (Å²) >= 11 is 0.935. The Morgan fingerprint density at radius 3 is 2.79 bits per heavy atom. The molecule has 0 aliphatic heterocycles. The lowest BCUT2D eigenvalue weighted by Gasteiger charge is -2.26. The number of ether oxygens (including phenoxy) is 1. The first kappa shape index (κ1) is 14.7. The Labute approximate surface area is 118 Å². The minimum absolute atomic E-state index is 0.0342. The fourth-order valence-electron chi connectivity index (χ4n) is 2.42. The maximum Gasteiger partial charge on any atom is 0.252 e. The zero-order valence-corrected chi connectivity index (χ0v) is 12.9. The quantitative estimate of drug-likeness (QED) is 0.875. The van der Waals surface area contributed by atoms with Gasteiger partial charge in [0, 0.05) is 18.2 Å². The van der Waals surface area contributed by atoms with Crippen LogP contribution in [0.3, 0.4) is 0 Å². The highest BCUT2D eigenvalue weighted by molar-refractivity contribution is 7.91. The van der Waals surface area contributed by atoms with Crippen molar-refractivity contribution in [1.29, 1.82) is 0 Å². The number of hydrogen-bond acceptors (Lipinski definition) is 6. The van der Waals surface area contributed by atoms with E-state index in [9.17, 15) is 8.42 Å². The predicted molar refractivity (Wildman–Crippen MR) is 74.1 cm³/mol. The van der Waals surface area contributed by atoms with Crippen molar-refractivity contribution >= 4 is 21.6 Å². The van der Waals surface area contributed by atoms with Crippen LogP contribution in [0.5, 0.6) is 5.88 Å². The number of likely N-dealkylation sites (N-methyl/N-ethyl adjacent to an activating group) is 1. The summed E-state index contributed by atoms with van der Waals surface area (Å²) in [5.41, 5.74) is 0. The molecule has 1 fully saturated rings. The molecule has 108 valence electrons. The van der Waals surface area contributed by atoms with Crippen LogP contribution in [0.4, 0.5) is 0 Å². The number of aromatic nitrogens is 1. The fraction of sp³-hybridized carbons (Fsp3) is 0.727. The summed E-state index contributed by atoms with van der Waals surface area (Å²) in [6.45, 7) is 0. The van der Waals surface area contributed by atoms with Gasteiger partial charge in [-0.25, -0.2) is 13.1 Å². The number of rotatable bonds is 5. The van der Waals surface area contributed by atoms with Crippen LogP contribution >= 0.6 is 11.5 Å². The zero-order valence-electron chi connectivity index (χ0n) is 11.3. The van der Waals surface area contributed by atoms with Gasteiger partial charge in [0.05, 0.1) is 7.11 Å². The van der Waals surface area contributed by atoms with E-state index in [-0.39, 0.29) is 16.3 Å². The van der Waals surface area contributed by atoms with Gasteiger partial charge in [-0.15, -0.1) is 0 Å². The maximum atomic E-state index is 12.3. The number of nitrogens with one attached hydrogen (secondary N) is 1. The minimum Gasteiger partial charge on any atom is -0.480 e. The molecule has 0 unspecified atom stereocenters. The minimum atomic E-state index is -3.50. The van der Waals surface area contributed by atoms with Gasteiger partial charge in [0.15, 0.2) is 4.21 Å². The number of methoxy groups -OCH3 is 1. The molecule has 0 aromatic carbocycles. The van der Waals surface area contributed by atoms with Gasteiger partial charge in [0.1, 0.15) is 0 Å². The highest BCUT2D eigenvalue weighted by atomic mass is 32.2. The largest absolute Gasteiger partial charge is 0.480 e. The lowest BCUT2D eigenvalue weighted by Crippen LogP contribution is -2.45. The number of nitrogens with zero attached hydrogens (tertiary/aromatic N) is 2. The van der Waals surface area contributed by atoms with Gasteiger partial charge in [-0.05, 0) is 38.5 Å². The molecule has 1 aromatic rings. The van der Waals surface area contributed by atoms with Gasteiger partial charge >= 0.3 is 0 Å². The van der Waals surface area contributed by atoms with Crippen LogP contribution in [0.25, 0.3) is 0 Å². The molecule has 0 spiro atoms. The molecular formula is C11H19N3O3S2. The van der Waals surface area contributed by atoms with Gasteiger partial charge in [-0.2, -0.15) is 4.37 Å². The first-order chi connectivity index (χ1) is 8.94. The van der Waals surface area contributed by atoms with Crippen LogP contribution in [0, 0.1) is 0 Å². The first-order valence-electron chi connectivity index (χ1n) is 6.13. The summed E-state index contributed by atoms with van der Waals surface area (Å²) in [6.07, 6.45) is 2.94. The Balaban J connectivity index is 2.12. The van der Waals surface area contributed by atoms with E-state index < -0.39 is 10.0 Å². The van der Waals surface area contributed by atoms with E-state index in [0.29, 0.717) is 5.88 Å². The molecular weight excluding hydrogens is 286 g/mol. The molecule has 2 atom stereocenters. The summed E-state index contributed by atoms with van der Waals surface area (Å²) < 4.78 is 36.4. The van der Waals surface area contributed by atoms with E-state index in [4.69, 9.17) is 4.74 Å². The van der Waals surface area contributed by atoms with E-state index in [2.05, 4.69) is 14.0 Å². The molecule has 1 aromatic heterocycles. The summed E-state index contributed by atoms with van der Waals surface area (Å²) in [5, 5.41) is 0. The predicted octanol–water partition coefficient (Wildman–Crippen LogP) is 0.913. The van der Waals surface area contributed by atoms with Crippen LogP contribution in [-0.2, 0) is 10.0 Å². The average molecular weight is 305 g/mol. The molecule has 2 rings (SSSR count). The van der Waals surface area contributed by atoms with Crippen molar-refractivity contribution in [3.05, 3.63) is 6.07 Å². The second kappa shape index (κ2) is 5.74. The van der Waals surface area contributed by atoms with Gasteiger partial charge in [-0.1, -0.05) is 6.42 Å². The van der Waals surface area contributed by atoms with Crippen molar-refractivity contribution in [3.63, 3.8) is 0 Å². The molecule has 1 saturated carbocycles. The van der Waals surface area contributed by atoms with E-state index in [1.807, 2.05) is 14.1 Å². The van der Waals surface area contributed by atoms with Gasteiger partial charge in [0.25, 0.3) is 10.0 Å². The first-order valence-corrected chi connectivity index (χ1v) is 8.39. The molecule has 1 aliphatic rings. The van der Waals surface area contributed by atoms with Crippen molar-refractivity contribution in [2.45, 2.75) is 35.6 Å². The molecule has 8 heteroatoms. The van der Waals surface area contributed by atoms with Gasteiger partial charge in [-0.3, -0.25) is 0 Å². The van der Waals surface area contributed by atoms with Crippen LogP contribution < -0.4 is 9.46 Å². The standard InChI is InChI=1S/C11H19N3O3S2/c1-14(2)9-6-4-5-8(9)13-19(15,16)11-7-10(17-3)12-18-11/h7-9,13H,4-6H2,1-3H3/t8-,9-/m0/s1. The van der Waals surface area contributed by atoms with Crippen LogP contribution in [0.1, 0.15) is 19.3 Å². The van der Waals surface area contributed by atoms with Crippen molar-refractivity contribution in [2.24, 2.45) is 0 Å². The highest BCUT2D eigenvalue weighted by Crippen LogP contribution is 2.26. The Hall–Kier alpha value is -0.700. The summed E-state index contributed by atoms with van der Waals surface area (Å²) in [7, 11) is 1.93.